The van der Waals surface area contributed by atoms with E-state index in [4.69, 9.17) is 5.26 Å². The summed E-state index contributed by atoms with van der Waals surface area (Å²) in [7, 11) is 0. The Morgan fingerprint density at radius 2 is 2.24 bits per heavy atom. The zero-order valence-corrected chi connectivity index (χ0v) is 11.3. The maximum absolute atomic E-state index is 12.1. The zero-order chi connectivity index (χ0) is 13.1. The van der Waals surface area contributed by atoms with Crippen LogP contribution in [0.15, 0.2) is 11.6 Å². The highest BCUT2D eigenvalue weighted by atomic mass is 16.2. The molecule has 0 aromatic heterocycles. The molecule has 0 N–H and O–H groups in total. The minimum Gasteiger partial charge on any atom is -0.338 e. The van der Waals surface area contributed by atoms with Crippen LogP contribution in [0.1, 0.15) is 40.5 Å². The second-order valence-electron chi connectivity index (χ2n) is 5.62. The van der Waals surface area contributed by atoms with Crippen molar-refractivity contribution in [3.63, 3.8) is 0 Å². The van der Waals surface area contributed by atoms with E-state index in [1.807, 2.05) is 32.6 Å². The van der Waals surface area contributed by atoms with Crippen LogP contribution in [0.2, 0.25) is 0 Å². The van der Waals surface area contributed by atoms with Crippen molar-refractivity contribution < 1.29 is 4.79 Å². The molecule has 3 heteroatoms. The first-order valence-corrected chi connectivity index (χ1v) is 6.28. The topological polar surface area (TPSA) is 44.1 Å². The maximum Gasteiger partial charge on any atom is 0.228 e. The van der Waals surface area contributed by atoms with E-state index in [9.17, 15) is 4.79 Å². The van der Waals surface area contributed by atoms with E-state index in [1.54, 1.807) is 0 Å². The van der Waals surface area contributed by atoms with Gasteiger partial charge in [-0.1, -0.05) is 39.3 Å². The third-order valence-electron chi connectivity index (χ3n) is 3.18. The standard InChI is InChI=1S/C14H22N2O/c1-5-11(10-15)12-6-8-16(9-7-12)13(17)14(2,3)4/h6,11H,5,7-9H2,1-4H3. The third kappa shape index (κ3) is 3.33. The number of carbonyl (C=O) groups is 1. The Labute approximate surface area is 104 Å². The van der Waals surface area contributed by atoms with Crippen LogP contribution < -0.4 is 0 Å². The van der Waals surface area contributed by atoms with Gasteiger partial charge in [0.1, 0.15) is 0 Å². The molecule has 1 unspecified atom stereocenters. The van der Waals surface area contributed by atoms with E-state index in [0.717, 1.165) is 19.4 Å². The molecule has 1 rings (SSSR count). The van der Waals surface area contributed by atoms with Crippen LogP contribution in [0.25, 0.3) is 0 Å². The van der Waals surface area contributed by atoms with Gasteiger partial charge in [-0.05, 0) is 12.8 Å². The summed E-state index contributed by atoms with van der Waals surface area (Å²) in [6.07, 6.45) is 3.76. The zero-order valence-electron chi connectivity index (χ0n) is 11.3. The van der Waals surface area contributed by atoms with Crippen molar-refractivity contribution in [1.82, 2.24) is 4.90 Å². The molecule has 1 aliphatic rings. The molecule has 3 nitrogen and oxygen atoms in total. The number of carbonyl (C=O) groups excluding carboxylic acids is 1. The van der Waals surface area contributed by atoms with Crippen LogP contribution in [-0.2, 0) is 4.79 Å². The third-order valence-corrected chi connectivity index (χ3v) is 3.18. The highest BCUT2D eigenvalue weighted by Gasteiger charge is 2.28. The lowest BCUT2D eigenvalue weighted by molar-refractivity contribution is -0.139. The summed E-state index contributed by atoms with van der Waals surface area (Å²) in [4.78, 5) is 13.9. The molecule has 94 valence electrons. The van der Waals surface area contributed by atoms with E-state index in [1.165, 1.54) is 5.57 Å². The molecular weight excluding hydrogens is 212 g/mol. The van der Waals surface area contributed by atoms with Crippen molar-refractivity contribution in [2.75, 3.05) is 13.1 Å². The average Bonchev–Trinajstić information content (AvgIpc) is 2.29. The summed E-state index contributed by atoms with van der Waals surface area (Å²) in [5, 5.41) is 9.01. The van der Waals surface area contributed by atoms with Crippen molar-refractivity contribution >= 4 is 5.91 Å². The highest BCUT2D eigenvalue weighted by molar-refractivity contribution is 5.81. The molecule has 0 fully saturated rings. The summed E-state index contributed by atoms with van der Waals surface area (Å²) in [6.45, 7) is 9.27. The smallest absolute Gasteiger partial charge is 0.228 e. The van der Waals surface area contributed by atoms with Crippen LogP contribution in [0.3, 0.4) is 0 Å². The van der Waals surface area contributed by atoms with Gasteiger partial charge in [0.25, 0.3) is 0 Å². The van der Waals surface area contributed by atoms with E-state index < -0.39 is 0 Å². The van der Waals surface area contributed by atoms with Gasteiger partial charge in [-0.3, -0.25) is 4.79 Å². The summed E-state index contributed by atoms with van der Waals surface area (Å²) in [5.41, 5.74) is 0.887. The number of amides is 1. The largest absolute Gasteiger partial charge is 0.338 e. The molecule has 1 atom stereocenters. The summed E-state index contributed by atoms with van der Waals surface area (Å²) >= 11 is 0. The Balaban J connectivity index is 2.67. The molecular formula is C14H22N2O. The van der Waals surface area contributed by atoms with Crippen LogP contribution >= 0.6 is 0 Å². The SMILES string of the molecule is CCC(C#N)C1=CCN(C(=O)C(C)(C)C)CC1. The van der Waals surface area contributed by atoms with Crippen molar-refractivity contribution in [2.45, 2.75) is 40.5 Å². The van der Waals surface area contributed by atoms with Crippen LogP contribution in [0.4, 0.5) is 0 Å². The van der Waals surface area contributed by atoms with E-state index in [0.29, 0.717) is 6.54 Å². The average molecular weight is 234 g/mol. The monoisotopic (exact) mass is 234 g/mol. The van der Waals surface area contributed by atoms with Crippen LogP contribution in [0, 0.1) is 22.7 Å². The van der Waals surface area contributed by atoms with Crippen LogP contribution in [0.5, 0.6) is 0 Å². The van der Waals surface area contributed by atoms with Gasteiger partial charge in [0.05, 0.1) is 12.0 Å². The van der Waals surface area contributed by atoms with E-state index >= 15 is 0 Å². The quantitative estimate of drug-likeness (QED) is 0.689. The number of hydrogen-bond acceptors (Lipinski definition) is 2. The lowest BCUT2D eigenvalue weighted by Gasteiger charge is -2.32. The van der Waals surface area contributed by atoms with E-state index in [2.05, 4.69) is 12.1 Å². The molecule has 17 heavy (non-hydrogen) atoms. The minimum absolute atomic E-state index is 0.0295. The Hall–Kier alpha value is -1.30. The summed E-state index contributed by atoms with van der Waals surface area (Å²) < 4.78 is 0. The normalized spacial score (nSPS) is 18.3. The first-order chi connectivity index (χ1) is 7.90. The fourth-order valence-electron chi connectivity index (χ4n) is 2.10. The molecule has 1 heterocycles. The lowest BCUT2D eigenvalue weighted by Crippen LogP contribution is -2.42. The second kappa shape index (κ2) is 5.35. The number of nitrogens with zero attached hydrogens (tertiary/aromatic N) is 2. The number of nitriles is 1. The highest BCUT2D eigenvalue weighted by Crippen LogP contribution is 2.25. The predicted octanol–water partition coefficient (Wildman–Crippen LogP) is 2.74. The minimum atomic E-state index is -0.315. The maximum atomic E-state index is 12.1. The van der Waals surface area contributed by atoms with Crippen molar-refractivity contribution in [2.24, 2.45) is 11.3 Å². The van der Waals surface area contributed by atoms with Gasteiger partial charge in [0.2, 0.25) is 5.91 Å². The molecule has 0 spiro atoms. The van der Waals surface area contributed by atoms with E-state index in [-0.39, 0.29) is 17.2 Å². The van der Waals surface area contributed by atoms with Gasteiger partial charge in [-0.25, -0.2) is 0 Å². The van der Waals surface area contributed by atoms with Crippen LogP contribution in [-0.4, -0.2) is 23.9 Å². The molecule has 0 saturated carbocycles. The van der Waals surface area contributed by atoms with Crippen molar-refractivity contribution in [3.8, 4) is 6.07 Å². The first-order valence-electron chi connectivity index (χ1n) is 6.28. The summed E-state index contributed by atoms with van der Waals surface area (Å²) in [5.74, 6) is 0.222. The fraction of sp³-hybridized carbons (Fsp3) is 0.714. The molecule has 1 aliphatic heterocycles. The Morgan fingerprint density at radius 1 is 1.59 bits per heavy atom. The molecule has 0 bridgehead atoms. The Bertz CT molecular complexity index is 357. The lowest BCUT2D eigenvalue weighted by atomic mass is 9.90. The number of rotatable bonds is 2. The van der Waals surface area contributed by atoms with Crippen molar-refractivity contribution in [3.05, 3.63) is 11.6 Å². The molecule has 1 amide bonds. The molecule has 0 aliphatic carbocycles. The van der Waals surface area contributed by atoms with Gasteiger partial charge >= 0.3 is 0 Å². The van der Waals surface area contributed by atoms with Gasteiger partial charge in [-0.2, -0.15) is 5.26 Å². The molecule has 0 radical (unpaired) electrons. The van der Waals surface area contributed by atoms with Gasteiger partial charge in [-0.15, -0.1) is 0 Å². The predicted molar refractivity (Wildman–Crippen MR) is 68.1 cm³/mol. The Morgan fingerprint density at radius 3 is 2.59 bits per heavy atom. The summed E-state index contributed by atoms with van der Waals surface area (Å²) in [6, 6.07) is 2.32. The second-order valence-corrected chi connectivity index (χ2v) is 5.62. The Kier molecular flexibility index (Phi) is 4.34. The van der Waals surface area contributed by atoms with Gasteiger partial charge in [0.15, 0.2) is 0 Å². The molecule has 0 saturated heterocycles. The number of hydrogen-bond donors (Lipinski definition) is 0. The van der Waals surface area contributed by atoms with Crippen molar-refractivity contribution in [1.29, 1.82) is 5.26 Å². The molecule has 0 aromatic rings. The van der Waals surface area contributed by atoms with Gasteiger partial charge in [0, 0.05) is 18.5 Å². The fourth-order valence-corrected chi connectivity index (χ4v) is 2.10. The first kappa shape index (κ1) is 13.8. The van der Waals surface area contributed by atoms with Gasteiger partial charge < -0.3 is 4.90 Å². The molecule has 0 aromatic carbocycles.